The van der Waals surface area contributed by atoms with Crippen LogP contribution in [-0.4, -0.2) is 23.7 Å². The van der Waals surface area contributed by atoms with Gasteiger partial charge in [-0.15, -0.1) is 0 Å². The van der Waals surface area contributed by atoms with E-state index in [9.17, 15) is 9.59 Å². The highest BCUT2D eigenvalue weighted by Gasteiger charge is 2.20. The maximum Gasteiger partial charge on any atom is 0.266 e. The van der Waals surface area contributed by atoms with Gasteiger partial charge in [0.15, 0.2) is 0 Å². The van der Waals surface area contributed by atoms with Crippen LogP contribution in [0, 0.1) is 0 Å². The smallest absolute Gasteiger partial charge is 0.266 e. The molecular formula is C46H29N5O2. The van der Waals surface area contributed by atoms with Crippen LogP contribution in [0.25, 0.3) is 83.4 Å². The molecule has 0 N–H and O–H groups in total. The van der Waals surface area contributed by atoms with Gasteiger partial charge >= 0.3 is 0 Å². The van der Waals surface area contributed by atoms with Crippen molar-refractivity contribution in [2.24, 2.45) is 0 Å². The molecule has 0 amide bonds. The SMILES string of the molecule is O=c1c2ccccc2nc(-c2ccccc2)n1-c1ccc2c(c1)c1cc(-n3c(-c4ccccc4)nc4ccccc4c3=O)ccc1n2-c1ccccc1. The van der Waals surface area contributed by atoms with Crippen molar-refractivity contribution in [3.05, 3.63) is 197 Å². The van der Waals surface area contributed by atoms with Gasteiger partial charge < -0.3 is 4.57 Å². The summed E-state index contributed by atoms with van der Waals surface area (Å²) in [6.07, 6.45) is 0. The summed E-state index contributed by atoms with van der Waals surface area (Å²) in [6.45, 7) is 0. The van der Waals surface area contributed by atoms with Gasteiger partial charge in [0.25, 0.3) is 11.1 Å². The highest BCUT2D eigenvalue weighted by molar-refractivity contribution is 6.10. The first-order valence-corrected chi connectivity index (χ1v) is 17.4. The minimum atomic E-state index is -0.150. The zero-order valence-corrected chi connectivity index (χ0v) is 28.3. The monoisotopic (exact) mass is 683 g/mol. The van der Waals surface area contributed by atoms with Crippen LogP contribution in [0.2, 0.25) is 0 Å². The molecule has 10 aromatic rings. The Kier molecular flexibility index (Phi) is 6.97. The fraction of sp³-hybridized carbons (Fsp3) is 0. The molecule has 0 aliphatic heterocycles. The fourth-order valence-corrected chi connectivity index (χ4v) is 7.44. The summed E-state index contributed by atoms with van der Waals surface area (Å²) < 4.78 is 5.63. The summed E-state index contributed by atoms with van der Waals surface area (Å²) in [5.41, 5.74) is 6.94. The summed E-state index contributed by atoms with van der Waals surface area (Å²) in [6, 6.07) is 56.9. The lowest BCUT2D eigenvalue weighted by Gasteiger charge is -2.15. The summed E-state index contributed by atoms with van der Waals surface area (Å²) >= 11 is 0. The first-order valence-electron chi connectivity index (χ1n) is 17.4. The maximum atomic E-state index is 14.4. The second kappa shape index (κ2) is 12.1. The van der Waals surface area contributed by atoms with Gasteiger partial charge in [0.1, 0.15) is 11.6 Å². The zero-order chi connectivity index (χ0) is 35.5. The molecule has 0 spiro atoms. The second-order valence-electron chi connectivity index (χ2n) is 13.0. The molecule has 0 bridgehead atoms. The van der Waals surface area contributed by atoms with Crippen LogP contribution < -0.4 is 11.1 Å². The molecule has 53 heavy (non-hydrogen) atoms. The minimum Gasteiger partial charge on any atom is -0.309 e. The third-order valence-electron chi connectivity index (χ3n) is 9.88. The number of rotatable bonds is 5. The average Bonchev–Trinajstić information content (AvgIpc) is 3.54. The Morgan fingerprint density at radius 3 is 1.19 bits per heavy atom. The highest BCUT2D eigenvalue weighted by atomic mass is 16.1. The summed E-state index contributed by atoms with van der Waals surface area (Å²) in [4.78, 5) is 38.8. The number of aromatic nitrogens is 5. The van der Waals surface area contributed by atoms with E-state index in [0.717, 1.165) is 38.6 Å². The van der Waals surface area contributed by atoms with E-state index in [0.29, 0.717) is 44.8 Å². The van der Waals surface area contributed by atoms with Crippen LogP contribution in [-0.2, 0) is 0 Å². The third kappa shape index (κ3) is 4.90. The van der Waals surface area contributed by atoms with E-state index < -0.39 is 0 Å². The van der Waals surface area contributed by atoms with Gasteiger partial charge in [-0.3, -0.25) is 18.7 Å². The number of benzene rings is 7. The topological polar surface area (TPSA) is 74.7 Å². The quantitative estimate of drug-likeness (QED) is 0.181. The van der Waals surface area contributed by atoms with Crippen LogP contribution in [0.3, 0.4) is 0 Å². The largest absolute Gasteiger partial charge is 0.309 e. The predicted molar refractivity (Wildman–Crippen MR) is 213 cm³/mol. The maximum absolute atomic E-state index is 14.4. The van der Waals surface area contributed by atoms with Crippen molar-refractivity contribution in [2.45, 2.75) is 0 Å². The molecule has 0 aliphatic rings. The molecule has 250 valence electrons. The molecule has 0 radical (unpaired) electrons. The van der Waals surface area contributed by atoms with Crippen molar-refractivity contribution in [1.29, 1.82) is 0 Å². The Bertz CT molecular complexity index is 2950. The van der Waals surface area contributed by atoms with Gasteiger partial charge in [-0.1, -0.05) is 103 Å². The normalized spacial score (nSPS) is 11.5. The Morgan fingerprint density at radius 1 is 0.340 bits per heavy atom. The van der Waals surface area contributed by atoms with E-state index in [1.54, 1.807) is 9.13 Å². The zero-order valence-electron chi connectivity index (χ0n) is 28.3. The van der Waals surface area contributed by atoms with E-state index in [-0.39, 0.29) is 11.1 Å². The lowest BCUT2D eigenvalue weighted by atomic mass is 10.1. The third-order valence-corrected chi connectivity index (χ3v) is 9.88. The van der Waals surface area contributed by atoms with Crippen LogP contribution in [0.5, 0.6) is 0 Å². The van der Waals surface area contributed by atoms with Gasteiger partial charge in [-0.05, 0) is 72.8 Å². The summed E-state index contributed by atoms with van der Waals surface area (Å²) in [5, 5.41) is 2.92. The molecule has 7 heteroatoms. The molecule has 0 saturated carbocycles. The van der Waals surface area contributed by atoms with Crippen molar-refractivity contribution in [1.82, 2.24) is 23.7 Å². The van der Waals surface area contributed by atoms with Crippen molar-refractivity contribution in [3.8, 4) is 39.8 Å². The molecular weight excluding hydrogens is 655 g/mol. The van der Waals surface area contributed by atoms with Gasteiger partial charge in [0, 0.05) is 27.6 Å². The molecule has 7 nitrogen and oxygen atoms in total. The number of hydrogen-bond acceptors (Lipinski definition) is 4. The molecule has 10 rings (SSSR count). The molecule has 3 aromatic heterocycles. The Morgan fingerprint density at radius 2 is 0.736 bits per heavy atom. The average molecular weight is 684 g/mol. The van der Waals surface area contributed by atoms with Crippen LogP contribution in [0.1, 0.15) is 0 Å². The molecule has 0 saturated heterocycles. The fourth-order valence-electron chi connectivity index (χ4n) is 7.44. The van der Waals surface area contributed by atoms with E-state index in [1.165, 1.54) is 0 Å². The Hall–Kier alpha value is -7.38. The molecule has 0 fully saturated rings. The van der Waals surface area contributed by atoms with Gasteiger partial charge in [-0.25, -0.2) is 9.97 Å². The first-order chi connectivity index (χ1) is 26.1. The van der Waals surface area contributed by atoms with E-state index in [1.807, 2.05) is 140 Å². The van der Waals surface area contributed by atoms with Crippen LogP contribution in [0.15, 0.2) is 186 Å². The lowest BCUT2D eigenvalue weighted by Crippen LogP contribution is -2.22. The molecule has 0 aliphatic carbocycles. The van der Waals surface area contributed by atoms with Crippen LogP contribution >= 0.6 is 0 Å². The second-order valence-corrected chi connectivity index (χ2v) is 13.0. The van der Waals surface area contributed by atoms with Crippen molar-refractivity contribution < 1.29 is 0 Å². The lowest BCUT2D eigenvalue weighted by molar-refractivity contribution is 0.977. The van der Waals surface area contributed by atoms with E-state index in [2.05, 4.69) is 41.0 Å². The Balaban J connectivity index is 1.29. The molecule has 0 unspecified atom stereocenters. The van der Waals surface area contributed by atoms with Gasteiger partial charge in [0.2, 0.25) is 0 Å². The number of nitrogens with zero attached hydrogens (tertiary/aromatic N) is 5. The minimum absolute atomic E-state index is 0.150. The number of para-hydroxylation sites is 3. The predicted octanol–water partition coefficient (Wildman–Crippen LogP) is 9.52. The molecule has 7 aromatic carbocycles. The van der Waals surface area contributed by atoms with Crippen LogP contribution in [0.4, 0.5) is 0 Å². The van der Waals surface area contributed by atoms with E-state index in [4.69, 9.17) is 9.97 Å². The summed E-state index contributed by atoms with van der Waals surface area (Å²) in [7, 11) is 0. The van der Waals surface area contributed by atoms with Gasteiger partial charge in [0.05, 0.1) is 44.2 Å². The van der Waals surface area contributed by atoms with Crippen molar-refractivity contribution in [2.75, 3.05) is 0 Å². The molecule has 0 atom stereocenters. The highest BCUT2D eigenvalue weighted by Crippen LogP contribution is 2.36. The van der Waals surface area contributed by atoms with Crippen molar-refractivity contribution in [3.63, 3.8) is 0 Å². The summed E-state index contributed by atoms with van der Waals surface area (Å²) in [5.74, 6) is 1.12. The number of fused-ring (bicyclic) bond motifs is 5. The standard InChI is InChI=1S/C46H29N5O2/c52-45-35-20-10-12-22-39(35)47-43(30-14-4-1-5-15-30)50(45)33-24-26-41-37(28-33)38-29-34(25-27-42(38)49(41)32-18-8-3-9-19-32)51-44(31-16-6-2-7-17-31)48-40-23-13-11-21-36(40)46(51)53/h1-29H. The number of hydrogen-bond donors (Lipinski definition) is 0. The molecule has 3 heterocycles. The Labute approximate surface area is 302 Å². The van der Waals surface area contributed by atoms with Crippen molar-refractivity contribution >= 4 is 43.6 Å². The van der Waals surface area contributed by atoms with Gasteiger partial charge in [-0.2, -0.15) is 0 Å². The first kappa shape index (κ1) is 30.4. The van der Waals surface area contributed by atoms with E-state index >= 15 is 0 Å².